The van der Waals surface area contributed by atoms with E-state index < -0.39 is 0 Å². The molecule has 0 atom stereocenters. The Balaban J connectivity index is 1.66. The van der Waals surface area contributed by atoms with Gasteiger partial charge in [0.05, 0.1) is 16.8 Å². The molecule has 1 aliphatic rings. The van der Waals surface area contributed by atoms with Crippen molar-refractivity contribution in [3.63, 3.8) is 0 Å². The molecule has 0 radical (unpaired) electrons. The van der Waals surface area contributed by atoms with E-state index in [0.29, 0.717) is 17.9 Å². The summed E-state index contributed by atoms with van der Waals surface area (Å²) in [5, 5.41) is 6.11. The number of hydrogen-bond donors (Lipinski definition) is 0. The van der Waals surface area contributed by atoms with Crippen LogP contribution in [0.1, 0.15) is 59.5 Å². The average Bonchev–Trinajstić information content (AvgIpc) is 3.02. The highest BCUT2D eigenvalue weighted by atomic mass is 16.5. The Morgan fingerprint density at radius 2 is 1.69 bits per heavy atom. The summed E-state index contributed by atoms with van der Waals surface area (Å²) in [7, 11) is 0. The topological polar surface area (TPSA) is 55.6 Å². The first kappa shape index (κ1) is 19.5. The molecule has 0 spiro atoms. The Morgan fingerprint density at radius 3 is 2.34 bits per heavy atom. The molecule has 1 amide bonds. The van der Waals surface area contributed by atoms with E-state index in [2.05, 4.69) is 5.16 Å². The second kappa shape index (κ2) is 8.68. The van der Waals surface area contributed by atoms with Crippen molar-refractivity contribution in [1.82, 2.24) is 10.1 Å². The van der Waals surface area contributed by atoms with E-state index in [4.69, 9.17) is 9.26 Å². The van der Waals surface area contributed by atoms with Crippen LogP contribution < -0.4 is 4.74 Å². The average molecular weight is 392 g/mol. The fraction of sp³-hybridized carbons (Fsp3) is 0.417. The van der Waals surface area contributed by atoms with Gasteiger partial charge in [-0.2, -0.15) is 0 Å². The van der Waals surface area contributed by atoms with Crippen molar-refractivity contribution in [1.29, 1.82) is 0 Å². The summed E-state index contributed by atoms with van der Waals surface area (Å²) in [6.07, 6.45) is 5.78. The molecule has 0 saturated carbocycles. The molecule has 0 aliphatic carbocycles. The van der Waals surface area contributed by atoms with Gasteiger partial charge >= 0.3 is 0 Å². The van der Waals surface area contributed by atoms with Crippen molar-refractivity contribution >= 4 is 16.7 Å². The van der Waals surface area contributed by atoms with E-state index in [0.717, 1.165) is 53.7 Å². The lowest BCUT2D eigenvalue weighted by Crippen LogP contribution is -2.34. The zero-order valence-electron chi connectivity index (χ0n) is 17.2. The van der Waals surface area contributed by atoms with Gasteiger partial charge in [-0.1, -0.05) is 48.7 Å². The molecule has 1 fully saturated rings. The molecule has 2 heterocycles. The number of hydrogen-bond acceptors (Lipinski definition) is 4. The van der Waals surface area contributed by atoms with E-state index >= 15 is 0 Å². The molecule has 29 heavy (non-hydrogen) atoms. The molecule has 2 aromatic carbocycles. The van der Waals surface area contributed by atoms with Gasteiger partial charge in [-0.15, -0.1) is 0 Å². The van der Waals surface area contributed by atoms with E-state index in [1.807, 2.05) is 55.1 Å². The molecule has 0 unspecified atom stereocenters. The smallest absolute Gasteiger partial charge is 0.257 e. The van der Waals surface area contributed by atoms with Crippen LogP contribution in [-0.2, 0) is 6.61 Å². The van der Waals surface area contributed by atoms with Crippen molar-refractivity contribution in [2.45, 2.75) is 52.6 Å². The number of carbonyl (C=O) groups is 1. The van der Waals surface area contributed by atoms with Crippen LogP contribution in [0.3, 0.4) is 0 Å². The van der Waals surface area contributed by atoms with Crippen LogP contribution in [0.2, 0.25) is 0 Å². The minimum absolute atomic E-state index is 0.0615. The van der Waals surface area contributed by atoms with Crippen LogP contribution in [0.5, 0.6) is 5.75 Å². The second-order valence-corrected chi connectivity index (χ2v) is 7.85. The number of fused-ring (bicyclic) bond motifs is 1. The summed E-state index contributed by atoms with van der Waals surface area (Å²) < 4.78 is 11.4. The third-order valence-corrected chi connectivity index (χ3v) is 5.77. The number of nitrogens with zero attached hydrogens (tertiary/aromatic N) is 2. The molecular formula is C24H28N2O3. The highest BCUT2D eigenvalue weighted by molar-refractivity contribution is 6.01. The highest BCUT2D eigenvalue weighted by Crippen LogP contribution is 2.29. The normalized spacial score (nSPS) is 15.2. The van der Waals surface area contributed by atoms with Crippen molar-refractivity contribution in [2.75, 3.05) is 13.1 Å². The predicted octanol–water partition coefficient (Wildman–Crippen LogP) is 5.43. The van der Waals surface area contributed by atoms with Crippen LogP contribution in [0.4, 0.5) is 0 Å². The van der Waals surface area contributed by atoms with Crippen molar-refractivity contribution in [3.8, 4) is 5.75 Å². The highest BCUT2D eigenvalue weighted by Gasteiger charge is 2.22. The van der Waals surface area contributed by atoms with Gasteiger partial charge in [0, 0.05) is 13.1 Å². The fourth-order valence-electron chi connectivity index (χ4n) is 3.98. The maximum absolute atomic E-state index is 13.4. The SMILES string of the molecule is Cc1noc(C)c1COc1cc2ccccc2cc1C(=O)N1CCCCCCC1. The molecule has 0 bridgehead atoms. The van der Waals surface area contributed by atoms with Gasteiger partial charge in [-0.05, 0) is 49.6 Å². The first-order chi connectivity index (χ1) is 14.1. The summed E-state index contributed by atoms with van der Waals surface area (Å²) in [4.78, 5) is 15.4. The summed E-state index contributed by atoms with van der Waals surface area (Å²) in [5.74, 6) is 1.43. The Morgan fingerprint density at radius 1 is 1.03 bits per heavy atom. The first-order valence-corrected chi connectivity index (χ1v) is 10.5. The molecule has 1 aromatic heterocycles. The van der Waals surface area contributed by atoms with Crippen molar-refractivity contribution in [3.05, 3.63) is 59.0 Å². The Kier molecular flexibility index (Phi) is 5.84. The van der Waals surface area contributed by atoms with Gasteiger partial charge in [0.2, 0.25) is 0 Å². The number of benzene rings is 2. The zero-order chi connectivity index (χ0) is 20.2. The van der Waals surface area contributed by atoms with Gasteiger partial charge in [-0.25, -0.2) is 0 Å². The number of ether oxygens (including phenoxy) is 1. The molecule has 3 aromatic rings. The number of likely N-dealkylation sites (tertiary alicyclic amines) is 1. The Hall–Kier alpha value is -2.82. The van der Waals surface area contributed by atoms with Crippen LogP contribution in [0, 0.1) is 13.8 Å². The van der Waals surface area contributed by atoms with Gasteiger partial charge in [0.25, 0.3) is 5.91 Å². The maximum Gasteiger partial charge on any atom is 0.257 e. The largest absolute Gasteiger partial charge is 0.488 e. The predicted molar refractivity (Wildman–Crippen MR) is 113 cm³/mol. The van der Waals surface area contributed by atoms with Gasteiger partial charge in [0.1, 0.15) is 18.1 Å². The van der Waals surface area contributed by atoms with Crippen LogP contribution >= 0.6 is 0 Å². The summed E-state index contributed by atoms with van der Waals surface area (Å²) in [5.41, 5.74) is 2.39. The molecule has 1 aliphatic heterocycles. The number of rotatable bonds is 4. The monoisotopic (exact) mass is 392 g/mol. The number of amides is 1. The van der Waals surface area contributed by atoms with Gasteiger partial charge < -0.3 is 14.2 Å². The number of aromatic nitrogens is 1. The molecule has 0 N–H and O–H groups in total. The Labute approximate surface area is 171 Å². The lowest BCUT2D eigenvalue weighted by Gasteiger charge is -2.26. The molecule has 5 heteroatoms. The van der Waals surface area contributed by atoms with Gasteiger partial charge in [0.15, 0.2) is 0 Å². The maximum atomic E-state index is 13.4. The van der Waals surface area contributed by atoms with E-state index in [1.165, 1.54) is 19.3 Å². The quantitative estimate of drug-likeness (QED) is 0.594. The first-order valence-electron chi connectivity index (χ1n) is 10.5. The molecule has 4 rings (SSSR count). The van der Waals surface area contributed by atoms with Crippen LogP contribution in [0.25, 0.3) is 10.8 Å². The van der Waals surface area contributed by atoms with Crippen molar-refractivity contribution < 1.29 is 14.1 Å². The van der Waals surface area contributed by atoms with E-state index in [9.17, 15) is 4.79 Å². The molecular weight excluding hydrogens is 364 g/mol. The van der Waals surface area contributed by atoms with Crippen LogP contribution in [-0.4, -0.2) is 29.1 Å². The van der Waals surface area contributed by atoms with E-state index in [-0.39, 0.29) is 5.91 Å². The lowest BCUT2D eigenvalue weighted by atomic mass is 10.0. The molecule has 5 nitrogen and oxygen atoms in total. The lowest BCUT2D eigenvalue weighted by molar-refractivity contribution is 0.0737. The number of aryl methyl sites for hydroxylation is 2. The second-order valence-electron chi connectivity index (χ2n) is 7.85. The van der Waals surface area contributed by atoms with Crippen LogP contribution in [0.15, 0.2) is 40.9 Å². The molecule has 152 valence electrons. The Bertz CT molecular complexity index is 981. The molecule has 1 saturated heterocycles. The zero-order valence-corrected chi connectivity index (χ0v) is 17.2. The minimum Gasteiger partial charge on any atom is -0.488 e. The summed E-state index contributed by atoms with van der Waals surface area (Å²) in [6.45, 7) is 5.75. The standard InChI is InChI=1S/C24H28N2O3/c1-17-22(18(2)29-25-17)16-28-23-15-20-11-7-6-10-19(20)14-21(23)24(27)26-12-8-4-3-5-9-13-26/h6-7,10-11,14-15H,3-5,8-9,12-13,16H2,1-2H3. The third-order valence-electron chi connectivity index (χ3n) is 5.77. The van der Waals surface area contributed by atoms with Crippen molar-refractivity contribution in [2.24, 2.45) is 0 Å². The minimum atomic E-state index is 0.0615. The summed E-state index contributed by atoms with van der Waals surface area (Å²) in [6, 6.07) is 12.0. The fourth-order valence-corrected chi connectivity index (χ4v) is 3.98. The van der Waals surface area contributed by atoms with Gasteiger partial charge in [-0.3, -0.25) is 4.79 Å². The summed E-state index contributed by atoms with van der Waals surface area (Å²) >= 11 is 0. The van der Waals surface area contributed by atoms with E-state index in [1.54, 1.807) is 0 Å². The number of carbonyl (C=O) groups excluding carboxylic acids is 1. The third kappa shape index (κ3) is 4.29.